The molecule has 0 aromatic heterocycles. The fourth-order valence-electron chi connectivity index (χ4n) is 1.77. The topological polar surface area (TPSA) is 82.1 Å². The number of Topliss-reactive ketones (excluding diaryl/α,β-unsaturated/α-hetero) is 1. The zero-order valence-electron chi connectivity index (χ0n) is 16.6. The van der Waals surface area contributed by atoms with E-state index in [1.54, 1.807) is 11.8 Å². The van der Waals surface area contributed by atoms with Gasteiger partial charge in [0.15, 0.2) is 5.76 Å². The molecule has 0 unspecified atom stereocenters. The molecule has 0 aliphatic heterocycles. The van der Waals surface area contributed by atoms with Crippen molar-refractivity contribution in [3.05, 3.63) is 11.5 Å². The van der Waals surface area contributed by atoms with E-state index < -0.39 is 0 Å². The Hall–Kier alpha value is -1.89. The molecule has 0 aliphatic carbocycles. The van der Waals surface area contributed by atoms with Crippen molar-refractivity contribution in [3.8, 4) is 0 Å². The molecule has 0 saturated heterocycles. The molecule has 0 saturated carbocycles. The van der Waals surface area contributed by atoms with E-state index in [9.17, 15) is 14.4 Å². The largest absolute Gasteiger partial charge is 0.495 e. The summed E-state index contributed by atoms with van der Waals surface area (Å²) in [6, 6.07) is 0. The van der Waals surface area contributed by atoms with Gasteiger partial charge in [0.1, 0.15) is 18.1 Å². The highest BCUT2D eigenvalue weighted by Gasteiger charge is 2.17. The summed E-state index contributed by atoms with van der Waals surface area (Å²) in [5, 5.41) is 0. The van der Waals surface area contributed by atoms with Crippen molar-refractivity contribution >= 4 is 18.2 Å². The summed E-state index contributed by atoms with van der Waals surface area (Å²) in [5.41, 5.74) is 0. The number of ketones is 1. The smallest absolute Gasteiger partial charge is 0.298 e. The molecule has 0 spiro atoms. The molecule has 0 N–H and O–H groups in total. The zero-order valence-corrected chi connectivity index (χ0v) is 16.6. The molecular weight excluding hydrogens is 326 g/mol. The minimum absolute atomic E-state index is 0.0159. The molecular formula is C18H33NO6. The molecule has 0 bridgehead atoms. The van der Waals surface area contributed by atoms with E-state index >= 15 is 0 Å². The van der Waals surface area contributed by atoms with Gasteiger partial charge in [0.2, 0.25) is 5.91 Å². The molecule has 0 heterocycles. The van der Waals surface area contributed by atoms with Crippen molar-refractivity contribution in [1.82, 2.24) is 4.90 Å². The van der Waals surface area contributed by atoms with Crippen LogP contribution in [0, 0.1) is 5.92 Å². The van der Waals surface area contributed by atoms with Gasteiger partial charge >= 0.3 is 0 Å². The standard InChI is InChI=1S/C16H27NO6.C2H6/c1-12(2)16(20)17(7-6-13(3)19)8-9-22-10-15(21-5)14(4)23-11-18;1-2/h11-12H,6-10H2,1-5H3;1-2H3/b15-14-;. The van der Waals surface area contributed by atoms with Gasteiger partial charge in [0.25, 0.3) is 6.47 Å². The van der Waals surface area contributed by atoms with Gasteiger partial charge in [-0.15, -0.1) is 0 Å². The van der Waals surface area contributed by atoms with Crippen LogP contribution in [0.3, 0.4) is 0 Å². The molecule has 7 nitrogen and oxygen atoms in total. The summed E-state index contributed by atoms with van der Waals surface area (Å²) in [5.74, 6) is 0.618. The number of allylic oxidation sites excluding steroid dienone is 1. The van der Waals surface area contributed by atoms with E-state index in [0.717, 1.165) is 0 Å². The lowest BCUT2D eigenvalue weighted by atomic mass is 10.2. The molecule has 25 heavy (non-hydrogen) atoms. The molecule has 7 heteroatoms. The molecule has 0 aromatic carbocycles. The van der Waals surface area contributed by atoms with Crippen molar-refractivity contribution in [1.29, 1.82) is 0 Å². The van der Waals surface area contributed by atoms with Crippen LogP contribution < -0.4 is 0 Å². The van der Waals surface area contributed by atoms with Crippen molar-refractivity contribution < 1.29 is 28.6 Å². The Morgan fingerprint density at radius 1 is 1.12 bits per heavy atom. The second kappa shape index (κ2) is 15.6. The van der Waals surface area contributed by atoms with Gasteiger partial charge in [0.05, 0.1) is 13.7 Å². The molecule has 0 atom stereocenters. The maximum absolute atomic E-state index is 12.1. The fraction of sp³-hybridized carbons (Fsp3) is 0.722. The average molecular weight is 359 g/mol. The van der Waals surface area contributed by atoms with E-state index in [0.29, 0.717) is 37.5 Å². The van der Waals surface area contributed by atoms with Gasteiger partial charge in [-0.1, -0.05) is 27.7 Å². The maximum atomic E-state index is 12.1. The Balaban J connectivity index is 0. The summed E-state index contributed by atoms with van der Waals surface area (Å²) < 4.78 is 15.2. The number of ether oxygens (including phenoxy) is 3. The van der Waals surface area contributed by atoms with Gasteiger partial charge in [-0.25, -0.2) is 0 Å². The number of methoxy groups -OCH3 is 1. The molecule has 0 rings (SSSR count). The van der Waals surface area contributed by atoms with E-state index in [4.69, 9.17) is 14.2 Å². The monoisotopic (exact) mass is 359 g/mol. The lowest BCUT2D eigenvalue weighted by Gasteiger charge is -2.24. The highest BCUT2D eigenvalue weighted by atomic mass is 16.6. The van der Waals surface area contributed by atoms with Crippen molar-refractivity contribution in [2.45, 2.75) is 48.0 Å². The first-order valence-electron chi connectivity index (χ1n) is 8.53. The highest BCUT2D eigenvalue weighted by Crippen LogP contribution is 2.07. The Morgan fingerprint density at radius 3 is 2.16 bits per heavy atom. The molecule has 1 amide bonds. The second-order valence-corrected chi connectivity index (χ2v) is 5.38. The quantitative estimate of drug-likeness (QED) is 0.303. The van der Waals surface area contributed by atoms with Gasteiger partial charge in [-0.2, -0.15) is 0 Å². The first kappa shape index (κ1) is 25.4. The lowest BCUT2D eigenvalue weighted by molar-refractivity contribution is -0.135. The first-order chi connectivity index (χ1) is 11.8. The number of hydrogen-bond acceptors (Lipinski definition) is 6. The third kappa shape index (κ3) is 12.2. The van der Waals surface area contributed by atoms with Crippen LogP contribution in [0.4, 0.5) is 0 Å². The lowest BCUT2D eigenvalue weighted by Crippen LogP contribution is -2.38. The summed E-state index contributed by atoms with van der Waals surface area (Å²) in [7, 11) is 1.46. The summed E-state index contributed by atoms with van der Waals surface area (Å²) >= 11 is 0. The average Bonchev–Trinajstić information content (AvgIpc) is 2.58. The highest BCUT2D eigenvalue weighted by molar-refractivity contribution is 5.80. The van der Waals surface area contributed by atoms with Crippen LogP contribution in [-0.4, -0.2) is 56.5 Å². The number of carbonyl (C=O) groups excluding carboxylic acids is 3. The van der Waals surface area contributed by atoms with E-state index in [-0.39, 0.29) is 30.8 Å². The van der Waals surface area contributed by atoms with Crippen LogP contribution in [0.5, 0.6) is 0 Å². The summed E-state index contributed by atoms with van der Waals surface area (Å²) in [6.07, 6.45) is 0.327. The fourth-order valence-corrected chi connectivity index (χ4v) is 1.77. The normalized spacial score (nSPS) is 11.0. The number of amides is 1. The zero-order chi connectivity index (χ0) is 19.8. The van der Waals surface area contributed by atoms with Crippen molar-refractivity contribution in [2.24, 2.45) is 5.92 Å². The third-order valence-corrected chi connectivity index (χ3v) is 3.14. The SMILES string of the molecule is CC.CO/C(COCCN(CCC(C)=O)C(=O)C(C)C)=C(/C)OC=O. The van der Waals surface area contributed by atoms with E-state index in [1.165, 1.54) is 14.0 Å². The maximum Gasteiger partial charge on any atom is 0.298 e. The van der Waals surface area contributed by atoms with Crippen LogP contribution in [0.1, 0.15) is 48.0 Å². The third-order valence-electron chi connectivity index (χ3n) is 3.14. The second-order valence-electron chi connectivity index (χ2n) is 5.38. The minimum Gasteiger partial charge on any atom is -0.495 e. The number of hydrogen-bond donors (Lipinski definition) is 0. The Bertz CT molecular complexity index is 431. The molecule has 0 aliphatic rings. The molecule has 0 radical (unpaired) electrons. The summed E-state index contributed by atoms with van der Waals surface area (Å²) in [6.45, 7) is 12.2. The van der Waals surface area contributed by atoms with Crippen molar-refractivity contribution in [3.63, 3.8) is 0 Å². The summed E-state index contributed by atoms with van der Waals surface area (Å²) in [4.78, 5) is 35.1. The van der Waals surface area contributed by atoms with Crippen LogP contribution in [0.2, 0.25) is 0 Å². The van der Waals surface area contributed by atoms with Gasteiger partial charge in [-0.3, -0.25) is 14.4 Å². The molecule has 146 valence electrons. The van der Waals surface area contributed by atoms with Crippen LogP contribution in [0.15, 0.2) is 11.5 Å². The number of carbonyl (C=O) groups is 3. The van der Waals surface area contributed by atoms with E-state index in [2.05, 4.69) is 0 Å². The van der Waals surface area contributed by atoms with Gasteiger partial charge < -0.3 is 19.1 Å². The Kier molecular flexibility index (Phi) is 15.8. The van der Waals surface area contributed by atoms with Crippen LogP contribution in [0.25, 0.3) is 0 Å². The predicted molar refractivity (Wildman–Crippen MR) is 95.7 cm³/mol. The number of rotatable bonds is 12. The van der Waals surface area contributed by atoms with Crippen LogP contribution >= 0.6 is 0 Å². The predicted octanol–water partition coefficient (Wildman–Crippen LogP) is 2.54. The van der Waals surface area contributed by atoms with Gasteiger partial charge in [-0.05, 0) is 13.8 Å². The Morgan fingerprint density at radius 2 is 1.72 bits per heavy atom. The van der Waals surface area contributed by atoms with Crippen LogP contribution in [-0.2, 0) is 28.6 Å². The Labute approximate surface area is 151 Å². The molecule has 0 aromatic rings. The van der Waals surface area contributed by atoms with E-state index in [1.807, 2.05) is 27.7 Å². The first-order valence-corrected chi connectivity index (χ1v) is 8.53. The van der Waals surface area contributed by atoms with Crippen molar-refractivity contribution in [2.75, 3.05) is 33.4 Å². The minimum atomic E-state index is -0.139. The van der Waals surface area contributed by atoms with Gasteiger partial charge in [0, 0.05) is 25.4 Å². The molecule has 0 fully saturated rings. The number of nitrogens with zero attached hydrogens (tertiary/aromatic N) is 1.